The van der Waals surface area contributed by atoms with Crippen molar-refractivity contribution in [2.75, 3.05) is 6.61 Å². The van der Waals surface area contributed by atoms with Crippen LogP contribution >= 0.6 is 15.9 Å². The second-order valence-corrected chi connectivity index (χ2v) is 6.40. The largest absolute Gasteiger partial charge is 0.394 e. The molecule has 0 aliphatic carbocycles. The number of aliphatic hydroxyl groups is 1. The van der Waals surface area contributed by atoms with Gasteiger partial charge in [-0.05, 0) is 39.9 Å². The van der Waals surface area contributed by atoms with Gasteiger partial charge in [0.15, 0.2) is 0 Å². The Morgan fingerprint density at radius 3 is 2.61 bits per heavy atom. The van der Waals surface area contributed by atoms with E-state index in [0.29, 0.717) is 12.1 Å². The lowest BCUT2D eigenvalue weighted by atomic mass is 9.88. The third-order valence-corrected chi connectivity index (χ3v) is 2.84. The number of rotatable bonds is 4. The zero-order chi connectivity index (χ0) is 13.8. The minimum absolute atomic E-state index is 0.0494. The molecular formula is C13H19BrN2O2. The van der Waals surface area contributed by atoms with E-state index in [1.807, 2.05) is 0 Å². The maximum Gasteiger partial charge on any atom is 0.270 e. The van der Waals surface area contributed by atoms with Crippen LogP contribution in [0.4, 0.5) is 0 Å². The molecule has 1 aromatic heterocycles. The van der Waals surface area contributed by atoms with Gasteiger partial charge < -0.3 is 10.4 Å². The van der Waals surface area contributed by atoms with E-state index >= 15 is 0 Å². The first-order valence-corrected chi connectivity index (χ1v) is 6.64. The lowest BCUT2D eigenvalue weighted by molar-refractivity contribution is 0.0892. The van der Waals surface area contributed by atoms with Crippen molar-refractivity contribution in [1.29, 1.82) is 0 Å². The van der Waals surface area contributed by atoms with E-state index < -0.39 is 0 Å². The Kier molecular flexibility index (Phi) is 5.28. The average molecular weight is 315 g/mol. The van der Waals surface area contributed by atoms with Gasteiger partial charge in [0, 0.05) is 10.7 Å². The van der Waals surface area contributed by atoms with Crippen molar-refractivity contribution in [1.82, 2.24) is 10.3 Å². The summed E-state index contributed by atoms with van der Waals surface area (Å²) in [4.78, 5) is 15.9. The summed E-state index contributed by atoms with van der Waals surface area (Å²) in [6, 6.07) is 3.16. The van der Waals surface area contributed by atoms with Crippen LogP contribution in [0, 0.1) is 5.41 Å². The molecule has 1 unspecified atom stereocenters. The number of halogens is 1. The van der Waals surface area contributed by atoms with Gasteiger partial charge in [0.1, 0.15) is 5.69 Å². The van der Waals surface area contributed by atoms with Crippen LogP contribution in [-0.2, 0) is 0 Å². The van der Waals surface area contributed by atoms with Gasteiger partial charge in [0.2, 0.25) is 0 Å². The van der Waals surface area contributed by atoms with Crippen LogP contribution in [0.25, 0.3) is 0 Å². The Balaban J connectivity index is 2.65. The maximum atomic E-state index is 11.9. The van der Waals surface area contributed by atoms with Crippen molar-refractivity contribution in [3.63, 3.8) is 0 Å². The molecule has 0 saturated heterocycles. The highest BCUT2D eigenvalue weighted by molar-refractivity contribution is 9.10. The van der Waals surface area contributed by atoms with E-state index in [9.17, 15) is 9.90 Å². The molecule has 0 radical (unpaired) electrons. The third kappa shape index (κ3) is 5.14. The van der Waals surface area contributed by atoms with E-state index in [0.717, 1.165) is 4.47 Å². The molecule has 0 aliphatic heterocycles. The number of nitrogens with zero attached hydrogens (tertiary/aromatic N) is 1. The van der Waals surface area contributed by atoms with Gasteiger partial charge in [-0.2, -0.15) is 0 Å². The molecule has 0 bridgehead atoms. The summed E-state index contributed by atoms with van der Waals surface area (Å²) >= 11 is 3.26. The molecule has 4 nitrogen and oxygen atoms in total. The number of aromatic nitrogens is 1. The van der Waals surface area contributed by atoms with Gasteiger partial charge >= 0.3 is 0 Å². The molecule has 1 rings (SSSR count). The van der Waals surface area contributed by atoms with Crippen LogP contribution in [0.2, 0.25) is 0 Å². The highest BCUT2D eigenvalue weighted by Crippen LogP contribution is 2.20. The zero-order valence-corrected chi connectivity index (χ0v) is 12.5. The molecule has 0 fully saturated rings. The van der Waals surface area contributed by atoms with Gasteiger partial charge in [0.25, 0.3) is 5.91 Å². The molecule has 0 aromatic carbocycles. The van der Waals surface area contributed by atoms with E-state index in [4.69, 9.17) is 0 Å². The lowest BCUT2D eigenvalue weighted by Crippen LogP contribution is -2.40. The highest BCUT2D eigenvalue weighted by atomic mass is 79.9. The van der Waals surface area contributed by atoms with Crippen LogP contribution < -0.4 is 5.32 Å². The summed E-state index contributed by atoms with van der Waals surface area (Å²) in [5, 5.41) is 12.1. The molecule has 0 saturated carbocycles. The molecule has 0 aliphatic rings. The van der Waals surface area contributed by atoms with Crippen molar-refractivity contribution in [2.24, 2.45) is 5.41 Å². The normalized spacial score (nSPS) is 13.2. The Hall–Kier alpha value is -0.940. The van der Waals surface area contributed by atoms with Crippen molar-refractivity contribution in [3.8, 4) is 0 Å². The quantitative estimate of drug-likeness (QED) is 0.897. The van der Waals surface area contributed by atoms with E-state index in [-0.39, 0.29) is 24.0 Å². The first-order chi connectivity index (χ1) is 8.31. The SMILES string of the molecule is CC(C)(C)CC(CO)NC(=O)c1ccc(Br)cn1. The smallest absolute Gasteiger partial charge is 0.270 e. The molecular weight excluding hydrogens is 296 g/mol. The Morgan fingerprint density at radius 1 is 1.50 bits per heavy atom. The number of hydrogen-bond acceptors (Lipinski definition) is 3. The number of aliphatic hydroxyl groups excluding tert-OH is 1. The molecule has 1 atom stereocenters. The molecule has 0 spiro atoms. The molecule has 5 heteroatoms. The minimum Gasteiger partial charge on any atom is -0.394 e. The molecule has 18 heavy (non-hydrogen) atoms. The summed E-state index contributed by atoms with van der Waals surface area (Å²) in [7, 11) is 0. The van der Waals surface area contributed by atoms with E-state index in [2.05, 4.69) is 47.0 Å². The van der Waals surface area contributed by atoms with Crippen LogP contribution in [-0.4, -0.2) is 28.6 Å². The van der Waals surface area contributed by atoms with Crippen LogP contribution in [0.3, 0.4) is 0 Å². The molecule has 1 amide bonds. The van der Waals surface area contributed by atoms with Gasteiger partial charge in [-0.25, -0.2) is 4.98 Å². The molecule has 1 heterocycles. The second kappa shape index (κ2) is 6.29. The van der Waals surface area contributed by atoms with Crippen LogP contribution in [0.1, 0.15) is 37.7 Å². The van der Waals surface area contributed by atoms with Crippen molar-refractivity contribution in [3.05, 3.63) is 28.5 Å². The predicted octanol–water partition coefficient (Wildman–Crippen LogP) is 2.37. The number of hydrogen-bond donors (Lipinski definition) is 2. The third-order valence-electron chi connectivity index (χ3n) is 2.37. The van der Waals surface area contributed by atoms with Crippen molar-refractivity contribution in [2.45, 2.75) is 33.2 Å². The number of carbonyl (C=O) groups is 1. The summed E-state index contributed by atoms with van der Waals surface area (Å²) in [6.07, 6.45) is 2.29. The Morgan fingerprint density at radius 2 is 2.17 bits per heavy atom. The van der Waals surface area contributed by atoms with Gasteiger partial charge in [-0.15, -0.1) is 0 Å². The number of carbonyl (C=O) groups excluding carboxylic acids is 1. The van der Waals surface area contributed by atoms with Crippen molar-refractivity contribution < 1.29 is 9.90 Å². The first-order valence-electron chi connectivity index (χ1n) is 5.85. The van der Waals surface area contributed by atoms with Gasteiger partial charge in [-0.1, -0.05) is 20.8 Å². The van der Waals surface area contributed by atoms with E-state index in [1.165, 1.54) is 0 Å². The first kappa shape index (κ1) is 15.1. The number of nitrogens with one attached hydrogen (secondary N) is 1. The topological polar surface area (TPSA) is 62.2 Å². The van der Waals surface area contributed by atoms with Crippen LogP contribution in [0.5, 0.6) is 0 Å². The number of pyridine rings is 1. The summed E-state index contributed by atoms with van der Waals surface area (Å²) in [5.41, 5.74) is 0.402. The molecule has 2 N–H and O–H groups in total. The summed E-state index contributed by atoms with van der Waals surface area (Å²) in [6.45, 7) is 6.14. The van der Waals surface area contributed by atoms with E-state index in [1.54, 1.807) is 18.3 Å². The zero-order valence-electron chi connectivity index (χ0n) is 10.9. The fourth-order valence-corrected chi connectivity index (χ4v) is 1.90. The average Bonchev–Trinajstić information content (AvgIpc) is 2.27. The highest BCUT2D eigenvalue weighted by Gasteiger charge is 2.20. The predicted molar refractivity (Wildman–Crippen MR) is 74.3 cm³/mol. The molecule has 100 valence electrons. The van der Waals surface area contributed by atoms with Crippen molar-refractivity contribution >= 4 is 21.8 Å². The summed E-state index contributed by atoms with van der Waals surface area (Å²) < 4.78 is 0.826. The monoisotopic (exact) mass is 314 g/mol. The fraction of sp³-hybridized carbons (Fsp3) is 0.538. The Labute approximate surface area is 116 Å². The van der Waals surface area contributed by atoms with Crippen LogP contribution in [0.15, 0.2) is 22.8 Å². The number of amides is 1. The minimum atomic E-state index is -0.259. The Bertz CT molecular complexity index is 398. The van der Waals surface area contributed by atoms with Gasteiger partial charge in [0.05, 0.1) is 12.6 Å². The van der Waals surface area contributed by atoms with Gasteiger partial charge in [-0.3, -0.25) is 4.79 Å². The lowest BCUT2D eigenvalue weighted by Gasteiger charge is -2.25. The standard InChI is InChI=1S/C13H19BrN2O2/c1-13(2,3)6-10(8-17)16-12(18)11-5-4-9(14)7-15-11/h4-5,7,10,17H,6,8H2,1-3H3,(H,16,18). The summed E-state index contributed by atoms with van der Waals surface area (Å²) in [5.74, 6) is -0.259. The second-order valence-electron chi connectivity index (χ2n) is 5.48. The molecule has 1 aromatic rings. The maximum absolute atomic E-state index is 11.9. The fourth-order valence-electron chi connectivity index (χ4n) is 1.67.